The van der Waals surface area contributed by atoms with Gasteiger partial charge in [0.1, 0.15) is 11.2 Å². The van der Waals surface area contributed by atoms with Crippen LogP contribution in [0.4, 0.5) is 0 Å². The quantitative estimate of drug-likeness (QED) is 0.196. The molecule has 2 heterocycles. The van der Waals surface area contributed by atoms with Crippen LogP contribution in [0, 0.1) is 0 Å². The van der Waals surface area contributed by atoms with Crippen LogP contribution in [0.5, 0.6) is 0 Å². The molecule has 0 radical (unpaired) electrons. The summed E-state index contributed by atoms with van der Waals surface area (Å²) >= 11 is 0. The van der Waals surface area contributed by atoms with Gasteiger partial charge in [-0.2, -0.15) is 0 Å². The number of hydrogen-bond donors (Lipinski definition) is 0. The predicted molar refractivity (Wildman–Crippen MR) is 184 cm³/mol. The molecule has 4 nitrogen and oxygen atoms in total. The number of rotatable bonds is 4. The normalized spacial score (nSPS) is 11.6. The van der Waals surface area contributed by atoms with Gasteiger partial charge in [-0.05, 0) is 39.4 Å². The fourth-order valence-electron chi connectivity index (χ4n) is 6.45. The maximum atomic E-state index is 6.65. The largest absolute Gasteiger partial charge is 0.455 e. The number of furan rings is 1. The smallest absolute Gasteiger partial charge is 0.164 e. The molecule has 7 aromatic carbocycles. The number of benzene rings is 7. The van der Waals surface area contributed by atoms with Gasteiger partial charge in [0.25, 0.3) is 0 Å². The second kappa shape index (κ2) is 10.2. The van der Waals surface area contributed by atoms with Gasteiger partial charge in [0.15, 0.2) is 17.5 Å². The van der Waals surface area contributed by atoms with Crippen LogP contribution in [0.15, 0.2) is 156 Å². The second-order valence-corrected chi connectivity index (χ2v) is 11.2. The van der Waals surface area contributed by atoms with E-state index in [1.807, 2.05) is 66.7 Å². The lowest BCUT2D eigenvalue weighted by atomic mass is 9.91. The first-order valence-corrected chi connectivity index (χ1v) is 15.0. The Morgan fingerprint density at radius 3 is 1.56 bits per heavy atom. The average molecular weight is 576 g/mol. The molecule has 9 rings (SSSR count). The first kappa shape index (κ1) is 25.4. The third-order valence-electron chi connectivity index (χ3n) is 8.50. The van der Waals surface area contributed by atoms with E-state index < -0.39 is 0 Å². The molecule has 2 aromatic heterocycles. The van der Waals surface area contributed by atoms with E-state index in [0.29, 0.717) is 17.5 Å². The highest BCUT2D eigenvalue weighted by molar-refractivity contribution is 6.32. The Morgan fingerprint density at radius 2 is 0.844 bits per heavy atom. The lowest BCUT2D eigenvalue weighted by Crippen LogP contribution is -2.00. The first-order valence-electron chi connectivity index (χ1n) is 15.0. The fourth-order valence-corrected chi connectivity index (χ4v) is 6.45. The lowest BCUT2D eigenvalue weighted by Gasteiger charge is -2.13. The molecule has 9 aromatic rings. The topological polar surface area (TPSA) is 51.8 Å². The van der Waals surface area contributed by atoms with Crippen molar-refractivity contribution in [3.05, 3.63) is 152 Å². The van der Waals surface area contributed by atoms with Crippen LogP contribution >= 0.6 is 0 Å². The van der Waals surface area contributed by atoms with E-state index in [0.717, 1.165) is 60.5 Å². The molecule has 4 heteroatoms. The molecule has 0 saturated heterocycles. The van der Waals surface area contributed by atoms with Crippen LogP contribution in [-0.4, -0.2) is 15.0 Å². The molecule has 45 heavy (non-hydrogen) atoms. The molecule has 0 unspecified atom stereocenters. The van der Waals surface area contributed by atoms with Gasteiger partial charge in [0, 0.05) is 32.8 Å². The minimum atomic E-state index is 0.629. The van der Waals surface area contributed by atoms with Gasteiger partial charge >= 0.3 is 0 Å². The summed E-state index contributed by atoms with van der Waals surface area (Å²) in [6, 6.07) is 52.1. The van der Waals surface area contributed by atoms with Crippen LogP contribution in [-0.2, 0) is 0 Å². The van der Waals surface area contributed by atoms with Gasteiger partial charge in [0.05, 0.1) is 0 Å². The number of nitrogens with zero attached hydrogens (tertiary/aromatic N) is 3. The third kappa shape index (κ3) is 4.19. The summed E-state index contributed by atoms with van der Waals surface area (Å²) in [6.45, 7) is 0. The Balaban J connectivity index is 1.29. The molecule has 0 aliphatic heterocycles. The summed E-state index contributed by atoms with van der Waals surface area (Å²) in [5.41, 5.74) is 6.78. The van der Waals surface area contributed by atoms with Gasteiger partial charge in [-0.25, -0.2) is 15.0 Å². The zero-order valence-corrected chi connectivity index (χ0v) is 24.2. The number of fused-ring (bicyclic) bond motifs is 8. The summed E-state index contributed by atoms with van der Waals surface area (Å²) in [7, 11) is 0. The highest BCUT2D eigenvalue weighted by atomic mass is 16.3. The average Bonchev–Trinajstić information content (AvgIpc) is 3.52. The van der Waals surface area contributed by atoms with Crippen molar-refractivity contribution in [2.45, 2.75) is 0 Å². The van der Waals surface area contributed by atoms with Gasteiger partial charge in [-0.1, -0.05) is 140 Å². The predicted octanol–water partition coefficient (Wildman–Crippen LogP) is 10.7. The van der Waals surface area contributed by atoms with E-state index in [4.69, 9.17) is 19.4 Å². The number of hydrogen-bond acceptors (Lipinski definition) is 4. The molecule has 0 spiro atoms. The van der Waals surface area contributed by atoms with Gasteiger partial charge in [0.2, 0.25) is 0 Å². The van der Waals surface area contributed by atoms with Crippen LogP contribution in [0.3, 0.4) is 0 Å². The Hall–Kier alpha value is -6.13. The van der Waals surface area contributed by atoms with E-state index in [1.54, 1.807) is 0 Å². The van der Waals surface area contributed by atoms with Crippen LogP contribution in [0.1, 0.15) is 0 Å². The minimum absolute atomic E-state index is 0.629. The molecule has 0 amide bonds. The molecule has 0 aliphatic carbocycles. The molecule has 0 bridgehead atoms. The summed E-state index contributed by atoms with van der Waals surface area (Å²) < 4.78 is 6.65. The van der Waals surface area contributed by atoms with E-state index >= 15 is 0 Å². The van der Waals surface area contributed by atoms with Crippen molar-refractivity contribution >= 4 is 43.5 Å². The summed E-state index contributed by atoms with van der Waals surface area (Å²) in [5.74, 6) is 1.92. The summed E-state index contributed by atoms with van der Waals surface area (Å²) in [4.78, 5) is 14.8. The number of para-hydroxylation sites is 1. The second-order valence-electron chi connectivity index (χ2n) is 11.2. The number of aromatic nitrogens is 3. The molecule has 0 N–H and O–H groups in total. The fraction of sp³-hybridized carbons (Fsp3) is 0. The van der Waals surface area contributed by atoms with Crippen molar-refractivity contribution in [2.24, 2.45) is 0 Å². The van der Waals surface area contributed by atoms with Gasteiger partial charge in [-0.15, -0.1) is 0 Å². The molecule has 0 atom stereocenters. The summed E-state index contributed by atoms with van der Waals surface area (Å²) in [6.07, 6.45) is 0. The maximum Gasteiger partial charge on any atom is 0.164 e. The van der Waals surface area contributed by atoms with Crippen molar-refractivity contribution < 1.29 is 4.42 Å². The highest BCUT2D eigenvalue weighted by Gasteiger charge is 2.19. The van der Waals surface area contributed by atoms with Gasteiger partial charge in [-0.3, -0.25) is 0 Å². The monoisotopic (exact) mass is 575 g/mol. The maximum absolute atomic E-state index is 6.65. The van der Waals surface area contributed by atoms with E-state index in [-0.39, 0.29) is 0 Å². The van der Waals surface area contributed by atoms with Crippen molar-refractivity contribution in [3.8, 4) is 45.3 Å². The summed E-state index contributed by atoms with van der Waals surface area (Å²) in [5, 5.41) is 6.95. The Morgan fingerprint density at radius 1 is 0.356 bits per heavy atom. The Labute approximate surface area is 259 Å². The molecule has 210 valence electrons. The van der Waals surface area contributed by atoms with Crippen molar-refractivity contribution in [1.82, 2.24) is 15.0 Å². The zero-order chi connectivity index (χ0) is 29.7. The van der Waals surface area contributed by atoms with E-state index in [9.17, 15) is 0 Å². The SMILES string of the molecule is c1ccc(-c2nc(-c3ccccc3)nc(-c3cccc(-c4cccc5c6ccccc6c6c7ccccc7oc6c45)c3)n2)cc1. The van der Waals surface area contributed by atoms with Crippen molar-refractivity contribution in [2.75, 3.05) is 0 Å². The Bertz CT molecular complexity index is 2480. The van der Waals surface area contributed by atoms with E-state index in [2.05, 4.69) is 84.9 Å². The van der Waals surface area contributed by atoms with Gasteiger partial charge < -0.3 is 4.42 Å². The minimum Gasteiger partial charge on any atom is -0.455 e. The van der Waals surface area contributed by atoms with Crippen molar-refractivity contribution in [3.63, 3.8) is 0 Å². The van der Waals surface area contributed by atoms with Crippen LogP contribution in [0.25, 0.3) is 88.8 Å². The van der Waals surface area contributed by atoms with E-state index in [1.165, 1.54) is 10.8 Å². The highest BCUT2D eigenvalue weighted by Crippen LogP contribution is 2.44. The third-order valence-corrected chi connectivity index (χ3v) is 8.50. The standard InChI is InChI=1S/C41H25N3O/c1-3-13-26(14-4-1)39-42-40(27-15-5-2-6-16-27)44-41(43-39)29-18-11-17-28(25-29)30-22-12-23-33-31-19-7-8-20-32(31)37-34-21-9-10-24-35(34)45-38(37)36(30)33/h1-25H. The molecule has 0 aliphatic rings. The van der Waals surface area contributed by atoms with Crippen LogP contribution in [0.2, 0.25) is 0 Å². The Kier molecular flexibility index (Phi) is 5.78. The lowest BCUT2D eigenvalue weighted by molar-refractivity contribution is 0.673. The first-order chi connectivity index (χ1) is 22.3. The molecule has 0 fully saturated rings. The molecular weight excluding hydrogens is 550 g/mol. The zero-order valence-electron chi connectivity index (χ0n) is 24.2. The van der Waals surface area contributed by atoms with Crippen LogP contribution < -0.4 is 0 Å². The molecular formula is C41H25N3O. The van der Waals surface area contributed by atoms with Crippen molar-refractivity contribution in [1.29, 1.82) is 0 Å². The molecule has 0 saturated carbocycles.